The minimum Gasteiger partial charge on any atom is -0.339 e. The van der Waals surface area contributed by atoms with Crippen molar-refractivity contribution in [1.82, 2.24) is 10.2 Å². The molecule has 0 atom stereocenters. The molecule has 1 aromatic rings. The van der Waals surface area contributed by atoms with Gasteiger partial charge in [-0.2, -0.15) is 0 Å². The molecule has 1 N–H and O–H groups in total. The fourth-order valence-electron chi connectivity index (χ4n) is 3.12. The van der Waals surface area contributed by atoms with Gasteiger partial charge in [-0.25, -0.2) is 0 Å². The van der Waals surface area contributed by atoms with Crippen molar-refractivity contribution in [2.75, 3.05) is 26.7 Å². The summed E-state index contributed by atoms with van der Waals surface area (Å²) in [6.45, 7) is 4.34. The van der Waals surface area contributed by atoms with Crippen molar-refractivity contribution >= 4 is 11.6 Å². The monoisotopic (exact) mass is 319 g/mol. The quantitative estimate of drug-likeness (QED) is 0.646. The number of hydrogen-bond donors (Lipinski definition) is 1. The molecule has 1 saturated heterocycles. The van der Waals surface area contributed by atoms with Gasteiger partial charge in [-0.15, -0.1) is 0 Å². The standard InChI is InChI=1S/C17H25N3O3/c1-3-14-4-5-15(12-16(14)20(22)23)17(21)19-10-7-13(8-11-19)6-9-18-2/h4-5,12-13,18H,3,6-11H2,1-2H3. The Labute approximate surface area is 137 Å². The molecule has 0 spiro atoms. The third-order valence-corrected chi connectivity index (χ3v) is 4.61. The molecule has 0 saturated carbocycles. The second-order valence-electron chi connectivity index (χ2n) is 6.08. The zero-order chi connectivity index (χ0) is 16.8. The molecule has 0 aromatic heterocycles. The highest BCUT2D eigenvalue weighted by atomic mass is 16.6. The Morgan fingerprint density at radius 1 is 1.39 bits per heavy atom. The summed E-state index contributed by atoms with van der Waals surface area (Å²) in [7, 11) is 1.95. The summed E-state index contributed by atoms with van der Waals surface area (Å²) in [6.07, 6.45) is 3.72. The first kappa shape index (κ1) is 17.4. The third-order valence-electron chi connectivity index (χ3n) is 4.61. The molecule has 1 amide bonds. The van der Waals surface area contributed by atoms with Crippen LogP contribution in [0.2, 0.25) is 0 Å². The number of carbonyl (C=O) groups excluding carboxylic acids is 1. The number of rotatable bonds is 6. The summed E-state index contributed by atoms with van der Waals surface area (Å²) in [4.78, 5) is 25.2. The number of hydrogen-bond acceptors (Lipinski definition) is 4. The van der Waals surface area contributed by atoms with Gasteiger partial charge in [-0.3, -0.25) is 14.9 Å². The number of amides is 1. The smallest absolute Gasteiger partial charge is 0.273 e. The number of aryl methyl sites for hydroxylation is 1. The van der Waals surface area contributed by atoms with Crippen LogP contribution in [-0.2, 0) is 6.42 Å². The van der Waals surface area contributed by atoms with E-state index in [1.165, 1.54) is 6.07 Å². The highest BCUT2D eigenvalue weighted by molar-refractivity contribution is 5.95. The zero-order valence-corrected chi connectivity index (χ0v) is 13.9. The molecule has 0 radical (unpaired) electrons. The van der Waals surface area contributed by atoms with E-state index in [0.29, 0.717) is 23.5 Å². The van der Waals surface area contributed by atoms with E-state index in [2.05, 4.69) is 5.32 Å². The Hall–Kier alpha value is -1.95. The van der Waals surface area contributed by atoms with Crippen molar-refractivity contribution in [3.05, 3.63) is 39.4 Å². The summed E-state index contributed by atoms with van der Waals surface area (Å²) in [5.74, 6) is 0.561. The van der Waals surface area contributed by atoms with E-state index < -0.39 is 4.92 Å². The summed E-state index contributed by atoms with van der Waals surface area (Å²) >= 11 is 0. The second kappa shape index (κ2) is 8.06. The van der Waals surface area contributed by atoms with E-state index in [0.717, 1.165) is 38.9 Å². The largest absolute Gasteiger partial charge is 0.339 e. The molecular formula is C17H25N3O3. The number of nitrogens with one attached hydrogen (secondary N) is 1. The molecule has 1 fully saturated rings. The highest BCUT2D eigenvalue weighted by Crippen LogP contribution is 2.24. The molecule has 2 rings (SSSR count). The normalized spacial score (nSPS) is 15.7. The molecule has 23 heavy (non-hydrogen) atoms. The van der Waals surface area contributed by atoms with E-state index in [1.807, 2.05) is 18.9 Å². The van der Waals surface area contributed by atoms with Gasteiger partial charge < -0.3 is 10.2 Å². The molecule has 0 unspecified atom stereocenters. The Kier molecular flexibility index (Phi) is 6.10. The molecule has 1 aliphatic heterocycles. The zero-order valence-electron chi connectivity index (χ0n) is 13.9. The van der Waals surface area contributed by atoms with Crippen molar-refractivity contribution in [1.29, 1.82) is 0 Å². The Morgan fingerprint density at radius 3 is 2.65 bits per heavy atom. The maximum absolute atomic E-state index is 12.6. The molecule has 1 heterocycles. The topological polar surface area (TPSA) is 75.5 Å². The van der Waals surface area contributed by atoms with Crippen LogP contribution in [0.4, 0.5) is 5.69 Å². The van der Waals surface area contributed by atoms with Crippen LogP contribution in [0.3, 0.4) is 0 Å². The van der Waals surface area contributed by atoms with Crippen molar-refractivity contribution in [2.24, 2.45) is 5.92 Å². The van der Waals surface area contributed by atoms with Gasteiger partial charge in [0.2, 0.25) is 0 Å². The van der Waals surface area contributed by atoms with E-state index in [9.17, 15) is 14.9 Å². The predicted molar refractivity (Wildman–Crippen MR) is 89.6 cm³/mol. The summed E-state index contributed by atoms with van der Waals surface area (Å²) in [5.41, 5.74) is 1.13. The lowest BCUT2D eigenvalue weighted by Crippen LogP contribution is -2.39. The average Bonchev–Trinajstić information content (AvgIpc) is 2.59. The summed E-state index contributed by atoms with van der Waals surface area (Å²) < 4.78 is 0. The average molecular weight is 319 g/mol. The number of likely N-dealkylation sites (tertiary alicyclic amines) is 1. The molecule has 1 aliphatic rings. The van der Waals surface area contributed by atoms with Gasteiger partial charge in [0.05, 0.1) is 4.92 Å². The van der Waals surface area contributed by atoms with E-state index in [4.69, 9.17) is 0 Å². The highest BCUT2D eigenvalue weighted by Gasteiger charge is 2.25. The number of nitrogens with zero attached hydrogens (tertiary/aromatic N) is 2. The van der Waals surface area contributed by atoms with Gasteiger partial charge in [0, 0.05) is 30.3 Å². The molecule has 0 bridgehead atoms. The lowest BCUT2D eigenvalue weighted by atomic mass is 9.93. The van der Waals surface area contributed by atoms with E-state index in [1.54, 1.807) is 12.1 Å². The van der Waals surface area contributed by atoms with Gasteiger partial charge in [0.1, 0.15) is 0 Å². The van der Waals surface area contributed by atoms with Crippen LogP contribution in [0.15, 0.2) is 18.2 Å². The van der Waals surface area contributed by atoms with Crippen molar-refractivity contribution in [3.63, 3.8) is 0 Å². The Balaban J connectivity index is 2.04. The third kappa shape index (κ3) is 4.28. The molecule has 126 valence electrons. The first-order valence-corrected chi connectivity index (χ1v) is 8.28. The fourth-order valence-corrected chi connectivity index (χ4v) is 3.12. The van der Waals surface area contributed by atoms with Crippen LogP contribution >= 0.6 is 0 Å². The lowest BCUT2D eigenvalue weighted by molar-refractivity contribution is -0.385. The Bertz CT molecular complexity index is 566. The van der Waals surface area contributed by atoms with Crippen LogP contribution in [0, 0.1) is 16.0 Å². The fraction of sp³-hybridized carbons (Fsp3) is 0.588. The van der Waals surface area contributed by atoms with Crippen LogP contribution in [0.1, 0.15) is 42.1 Å². The molecule has 6 heteroatoms. The van der Waals surface area contributed by atoms with Gasteiger partial charge in [-0.05, 0) is 51.3 Å². The van der Waals surface area contributed by atoms with Gasteiger partial charge >= 0.3 is 0 Å². The maximum Gasteiger partial charge on any atom is 0.273 e. The van der Waals surface area contributed by atoms with Gasteiger partial charge in [-0.1, -0.05) is 13.0 Å². The molecule has 6 nitrogen and oxygen atoms in total. The van der Waals surface area contributed by atoms with E-state index >= 15 is 0 Å². The first-order chi connectivity index (χ1) is 11.1. The second-order valence-corrected chi connectivity index (χ2v) is 6.08. The number of carbonyl (C=O) groups is 1. The summed E-state index contributed by atoms with van der Waals surface area (Å²) in [5, 5.41) is 14.3. The van der Waals surface area contributed by atoms with Crippen LogP contribution < -0.4 is 5.32 Å². The molecular weight excluding hydrogens is 294 g/mol. The van der Waals surface area contributed by atoms with Crippen LogP contribution in [0.5, 0.6) is 0 Å². The molecule has 0 aliphatic carbocycles. The SMILES string of the molecule is CCc1ccc(C(=O)N2CCC(CCNC)CC2)cc1[N+](=O)[O-]. The predicted octanol–water partition coefficient (Wildman–Crippen LogP) is 2.62. The minimum absolute atomic E-state index is 0.0438. The minimum atomic E-state index is -0.403. The maximum atomic E-state index is 12.6. The van der Waals surface area contributed by atoms with Crippen molar-refractivity contribution in [3.8, 4) is 0 Å². The molecule has 1 aromatic carbocycles. The first-order valence-electron chi connectivity index (χ1n) is 8.28. The number of nitro groups is 1. The van der Waals surface area contributed by atoms with Crippen LogP contribution in [-0.4, -0.2) is 42.4 Å². The summed E-state index contributed by atoms with van der Waals surface area (Å²) in [6, 6.07) is 4.83. The van der Waals surface area contributed by atoms with Crippen molar-refractivity contribution in [2.45, 2.75) is 32.6 Å². The van der Waals surface area contributed by atoms with E-state index in [-0.39, 0.29) is 11.6 Å². The number of benzene rings is 1. The number of nitro benzene ring substituents is 1. The Morgan fingerprint density at radius 2 is 2.09 bits per heavy atom. The lowest BCUT2D eigenvalue weighted by Gasteiger charge is -2.32. The van der Waals surface area contributed by atoms with Gasteiger partial charge in [0.25, 0.3) is 11.6 Å². The van der Waals surface area contributed by atoms with Crippen LogP contribution in [0.25, 0.3) is 0 Å². The number of piperidine rings is 1. The van der Waals surface area contributed by atoms with Gasteiger partial charge in [0.15, 0.2) is 0 Å². The van der Waals surface area contributed by atoms with Crippen molar-refractivity contribution < 1.29 is 9.72 Å².